The fourth-order valence-corrected chi connectivity index (χ4v) is 5.72. The zero-order valence-corrected chi connectivity index (χ0v) is 20.1. The van der Waals surface area contributed by atoms with Gasteiger partial charge >= 0.3 is 0 Å². The first kappa shape index (κ1) is 23.8. The van der Waals surface area contributed by atoms with Gasteiger partial charge in [0.15, 0.2) is 0 Å². The van der Waals surface area contributed by atoms with Crippen molar-refractivity contribution in [3.05, 3.63) is 29.3 Å². The zero-order chi connectivity index (χ0) is 23.2. The van der Waals surface area contributed by atoms with Crippen molar-refractivity contribution in [3.8, 4) is 0 Å². The van der Waals surface area contributed by atoms with E-state index in [1.807, 2.05) is 12.1 Å². The number of anilines is 1. The second-order valence-electron chi connectivity index (χ2n) is 10.2. The van der Waals surface area contributed by atoms with Crippen molar-refractivity contribution in [2.75, 3.05) is 18.5 Å². The van der Waals surface area contributed by atoms with Crippen molar-refractivity contribution in [2.45, 2.75) is 96.1 Å². The average Bonchev–Trinajstić information content (AvgIpc) is 3.17. The highest BCUT2D eigenvalue weighted by atomic mass is 16.2. The molecule has 1 aromatic carbocycles. The summed E-state index contributed by atoms with van der Waals surface area (Å²) in [6.45, 7) is 1.48. The molecule has 180 valence electrons. The van der Waals surface area contributed by atoms with Gasteiger partial charge in [0.1, 0.15) is 6.04 Å². The molecule has 2 heterocycles. The molecule has 1 unspecified atom stereocenters. The lowest BCUT2D eigenvalue weighted by molar-refractivity contribution is -0.136. The highest BCUT2D eigenvalue weighted by Gasteiger charge is 2.39. The first-order valence-electron chi connectivity index (χ1n) is 13.0. The highest BCUT2D eigenvalue weighted by Crippen LogP contribution is 2.31. The van der Waals surface area contributed by atoms with Crippen LogP contribution in [0.15, 0.2) is 18.2 Å². The molecule has 1 aromatic rings. The van der Waals surface area contributed by atoms with Gasteiger partial charge in [-0.2, -0.15) is 0 Å². The van der Waals surface area contributed by atoms with Crippen molar-refractivity contribution in [2.24, 2.45) is 5.92 Å². The van der Waals surface area contributed by atoms with Gasteiger partial charge in [-0.05, 0) is 48.9 Å². The van der Waals surface area contributed by atoms with Crippen molar-refractivity contribution in [3.63, 3.8) is 0 Å². The molecule has 0 aromatic heterocycles. The maximum atomic E-state index is 12.8. The number of hydrogen-bond acceptors (Lipinski definition) is 4. The van der Waals surface area contributed by atoms with E-state index < -0.39 is 6.04 Å². The molecule has 0 spiro atoms. The van der Waals surface area contributed by atoms with Crippen LogP contribution in [0, 0.1) is 5.92 Å². The van der Waals surface area contributed by atoms with E-state index in [9.17, 15) is 14.4 Å². The van der Waals surface area contributed by atoms with Crippen LogP contribution in [-0.2, 0) is 16.1 Å². The summed E-state index contributed by atoms with van der Waals surface area (Å²) in [5.74, 6) is 0.0219. The van der Waals surface area contributed by atoms with E-state index in [-0.39, 0.29) is 24.1 Å². The number of nitrogens with one attached hydrogen (secondary N) is 1. The molecule has 3 fully saturated rings. The molecule has 1 N–H and O–H groups in total. The van der Waals surface area contributed by atoms with E-state index >= 15 is 0 Å². The summed E-state index contributed by atoms with van der Waals surface area (Å²) in [5.41, 5.74) is 2.77. The lowest BCUT2D eigenvalue weighted by atomic mass is 9.89. The number of benzene rings is 1. The first-order valence-corrected chi connectivity index (χ1v) is 13.0. The number of carbonyl (C=O) groups excluding carboxylic acids is 3. The van der Waals surface area contributed by atoms with Gasteiger partial charge in [0, 0.05) is 37.8 Å². The van der Waals surface area contributed by atoms with Gasteiger partial charge < -0.3 is 9.80 Å². The summed E-state index contributed by atoms with van der Waals surface area (Å²) in [6.07, 6.45) is 16.3. The van der Waals surface area contributed by atoms with E-state index in [4.69, 9.17) is 0 Å². The number of imide groups is 1. The predicted octanol–water partition coefficient (Wildman–Crippen LogP) is 4.80. The van der Waals surface area contributed by atoms with Gasteiger partial charge in [-0.25, -0.2) is 0 Å². The fourth-order valence-electron chi connectivity index (χ4n) is 5.72. The Balaban J connectivity index is 0.000000376. The molecule has 0 bridgehead atoms. The minimum atomic E-state index is -0.550. The smallest absolute Gasteiger partial charge is 0.255 e. The topological polar surface area (TPSA) is 69.7 Å². The lowest BCUT2D eigenvalue weighted by Crippen LogP contribution is -2.52. The van der Waals surface area contributed by atoms with Gasteiger partial charge in [0.25, 0.3) is 5.91 Å². The Bertz CT molecular complexity index is 847. The van der Waals surface area contributed by atoms with Gasteiger partial charge in [-0.3, -0.25) is 19.7 Å². The number of nitrogens with zero attached hydrogens (tertiary/aromatic N) is 2. The number of rotatable bonds is 4. The van der Waals surface area contributed by atoms with Gasteiger partial charge in [0.05, 0.1) is 0 Å². The SMILES string of the molecule is C1CCCCC1.CN(CC1CCCCC1)c1ccc2c(c1)CN(C1CCC(=O)NC1=O)C2=O. The molecule has 5 rings (SSSR count). The monoisotopic (exact) mass is 453 g/mol. The molecule has 2 aliphatic heterocycles. The fraction of sp³-hybridized carbons (Fsp3) is 0.667. The molecule has 1 atom stereocenters. The predicted molar refractivity (Wildman–Crippen MR) is 130 cm³/mol. The molecular weight excluding hydrogens is 414 g/mol. The van der Waals surface area contributed by atoms with Crippen molar-refractivity contribution in [1.82, 2.24) is 10.2 Å². The van der Waals surface area contributed by atoms with Crippen molar-refractivity contribution >= 4 is 23.4 Å². The van der Waals surface area contributed by atoms with Crippen LogP contribution in [0.2, 0.25) is 0 Å². The molecule has 4 aliphatic rings. The summed E-state index contributed by atoms with van der Waals surface area (Å²) in [7, 11) is 2.12. The largest absolute Gasteiger partial charge is 0.374 e. The van der Waals surface area contributed by atoms with Crippen LogP contribution in [0.4, 0.5) is 5.69 Å². The summed E-state index contributed by atoms with van der Waals surface area (Å²) < 4.78 is 0. The lowest BCUT2D eigenvalue weighted by Gasteiger charge is -2.29. The molecule has 1 saturated heterocycles. The Morgan fingerprint density at radius 2 is 1.55 bits per heavy atom. The van der Waals surface area contributed by atoms with Crippen LogP contribution >= 0.6 is 0 Å². The molecule has 6 heteroatoms. The molecule has 2 saturated carbocycles. The molecule has 33 heavy (non-hydrogen) atoms. The van der Waals surface area contributed by atoms with Gasteiger partial charge in [-0.15, -0.1) is 0 Å². The second-order valence-corrected chi connectivity index (χ2v) is 10.2. The molecule has 3 amide bonds. The molecule has 6 nitrogen and oxygen atoms in total. The number of fused-ring (bicyclic) bond motifs is 1. The first-order chi connectivity index (χ1) is 16.0. The standard InChI is InChI=1S/C21H27N3O3.C6H12/c1-23(12-14-5-3-2-4-6-14)16-7-8-17-15(11-16)13-24(21(17)27)18-9-10-19(25)22-20(18)26;1-2-4-6-5-3-1/h7-8,11,14,18H,2-6,9-10,12-13H2,1H3,(H,22,25,26);1-6H2. The third kappa shape index (κ3) is 5.96. The highest BCUT2D eigenvalue weighted by molar-refractivity contribution is 6.05. The van der Waals surface area contributed by atoms with E-state index in [1.165, 1.54) is 70.6 Å². The van der Waals surface area contributed by atoms with E-state index in [0.29, 0.717) is 18.5 Å². The summed E-state index contributed by atoms with van der Waals surface area (Å²) >= 11 is 0. The van der Waals surface area contributed by atoms with E-state index in [0.717, 1.165) is 23.7 Å². The summed E-state index contributed by atoms with van der Waals surface area (Å²) in [5, 5.41) is 2.35. The summed E-state index contributed by atoms with van der Waals surface area (Å²) in [4.78, 5) is 40.2. The Hall–Kier alpha value is -2.37. The third-order valence-corrected chi connectivity index (χ3v) is 7.70. The number of amides is 3. The average molecular weight is 454 g/mol. The minimum Gasteiger partial charge on any atom is -0.374 e. The Morgan fingerprint density at radius 3 is 2.18 bits per heavy atom. The number of carbonyl (C=O) groups is 3. The van der Waals surface area contributed by atoms with Crippen LogP contribution in [0.1, 0.15) is 99.4 Å². The number of hydrogen-bond donors (Lipinski definition) is 1. The van der Waals surface area contributed by atoms with Gasteiger partial charge in [-0.1, -0.05) is 57.8 Å². The van der Waals surface area contributed by atoms with Crippen LogP contribution in [0.5, 0.6) is 0 Å². The molecule has 2 aliphatic carbocycles. The van der Waals surface area contributed by atoms with Crippen LogP contribution < -0.4 is 10.2 Å². The van der Waals surface area contributed by atoms with Crippen LogP contribution in [0.3, 0.4) is 0 Å². The third-order valence-electron chi connectivity index (χ3n) is 7.70. The Morgan fingerprint density at radius 1 is 0.909 bits per heavy atom. The maximum absolute atomic E-state index is 12.8. The van der Waals surface area contributed by atoms with E-state index in [2.05, 4.69) is 23.3 Å². The number of piperidine rings is 1. The molecular formula is C27H39N3O3. The summed E-state index contributed by atoms with van der Waals surface area (Å²) in [6, 6.07) is 5.43. The Kier molecular flexibility index (Phi) is 8.05. The minimum absolute atomic E-state index is 0.110. The van der Waals surface area contributed by atoms with Crippen molar-refractivity contribution < 1.29 is 14.4 Å². The quantitative estimate of drug-likeness (QED) is 0.665. The van der Waals surface area contributed by atoms with Crippen molar-refractivity contribution in [1.29, 1.82) is 0 Å². The normalized spacial score (nSPS) is 23.5. The van der Waals surface area contributed by atoms with E-state index in [1.54, 1.807) is 4.90 Å². The maximum Gasteiger partial charge on any atom is 0.255 e. The van der Waals surface area contributed by atoms with Crippen LogP contribution in [-0.4, -0.2) is 42.3 Å². The second kappa shape index (κ2) is 11.2. The zero-order valence-electron chi connectivity index (χ0n) is 20.1. The van der Waals surface area contributed by atoms with Crippen LogP contribution in [0.25, 0.3) is 0 Å². The van der Waals surface area contributed by atoms with Gasteiger partial charge in [0.2, 0.25) is 11.8 Å². The Labute approximate surface area is 198 Å². The molecule has 0 radical (unpaired) electrons.